The number of hydrogen-bond acceptors (Lipinski definition) is 12. The number of nitrogens with two attached hydrogens (primary N) is 1. The molecule has 0 aliphatic carbocycles. The van der Waals surface area contributed by atoms with Gasteiger partial charge >= 0.3 is 0 Å². The number of imidazole rings is 1. The number of nitrogen functional groups attached to an aromatic ring is 1. The summed E-state index contributed by atoms with van der Waals surface area (Å²) < 4.78 is 9.34. The molecular weight excluding hydrogens is 1090 g/mol. The second-order valence-corrected chi connectivity index (χ2v) is 26.7. The van der Waals surface area contributed by atoms with Crippen molar-refractivity contribution in [2.75, 3.05) is 144 Å². The van der Waals surface area contributed by atoms with Crippen LogP contribution in [-0.2, 0) is 4.74 Å². The van der Waals surface area contributed by atoms with Gasteiger partial charge in [-0.25, -0.2) is 4.98 Å². The van der Waals surface area contributed by atoms with Gasteiger partial charge in [-0.15, -0.1) is 0 Å². The Hall–Kier alpha value is -2.11. The summed E-state index contributed by atoms with van der Waals surface area (Å²) in [5, 5.41) is 3.39. The lowest BCUT2D eigenvalue weighted by Crippen LogP contribution is -2.47. The first-order chi connectivity index (χ1) is 39.0. The summed E-state index contributed by atoms with van der Waals surface area (Å²) >= 11 is 0. The number of anilines is 1. The van der Waals surface area contributed by atoms with E-state index in [1.165, 1.54) is 182 Å². The van der Waals surface area contributed by atoms with E-state index >= 15 is 0 Å². The monoisotopic (exact) mass is 1250 g/mol. The molecule has 9 heterocycles. The van der Waals surface area contributed by atoms with Gasteiger partial charge in [-0.1, -0.05) is 70.2 Å². The molecule has 532 valence electrons. The third kappa shape index (κ3) is 48.6. The predicted octanol–water partition coefficient (Wildman–Crippen LogP) is 16.5. The number of likely N-dealkylation sites (tertiary alicyclic amines) is 4. The lowest BCUT2D eigenvalue weighted by atomic mass is 10.1. The first-order valence-corrected chi connectivity index (χ1v) is 34.1. The Morgan fingerprint density at radius 2 is 0.625 bits per heavy atom. The molecule has 0 amide bonds. The van der Waals surface area contributed by atoms with Crippen molar-refractivity contribution in [1.29, 1.82) is 0 Å². The molecule has 7 aliphatic rings. The van der Waals surface area contributed by atoms with Crippen LogP contribution in [0, 0.1) is 0 Å². The van der Waals surface area contributed by atoms with Gasteiger partial charge in [0, 0.05) is 125 Å². The van der Waals surface area contributed by atoms with E-state index in [4.69, 9.17) is 10.5 Å². The third-order valence-electron chi connectivity index (χ3n) is 17.1. The van der Waals surface area contributed by atoms with E-state index in [2.05, 4.69) is 198 Å². The molecule has 2 aromatic rings. The van der Waals surface area contributed by atoms with E-state index in [1.807, 2.05) is 22.9 Å². The molecule has 0 aromatic carbocycles. The number of aromatic nitrogens is 3. The first kappa shape index (κ1) is 97.0. The lowest BCUT2D eigenvalue weighted by Gasteiger charge is -2.34. The Morgan fingerprint density at radius 3 is 0.898 bits per heavy atom. The van der Waals surface area contributed by atoms with Gasteiger partial charge in [-0.05, 0) is 267 Å². The summed E-state index contributed by atoms with van der Waals surface area (Å²) in [6, 6.07) is 10.4. The van der Waals surface area contributed by atoms with Crippen LogP contribution in [0.5, 0.6) is 0 Å². The van der Waals surface area contributed by atoms with Crippen LogP contribution in [0.15, 0.2) is 37.1 Å². The van der Waals surface area contributed by atoms with E-state index in [-0.39, 0.29) is 44.6 Å². The molecule has 0 unspecified atom stereocenters. The fourth-order valence-corrected chi connectivity index (χ4v) is 10.9. The third-order valence-corrected chi connectivity index (χ3v) is 17.1. The number of morpholine rings is 1. The lowest BCUT2D eigenvalue weighted by molar-refractivity contribution is 0.0238. The van der Waals surface area contributed by atoms with Gasteiger partial charge in [-0.2, -0.15) is 0 Å². The molecule has 3 N–H and O–H groups in total. The fraction of sp³-hybridized carbons (Fsp3) is 0.905. The van der Waals surface area contributed by atoms with Gasteiger partial charge in [0.05, 0.1) is 19.5 Å². The summed E-state index contributed by atoms with van der Waals surface area (Å²) in [5.41, 5.74) is 5.38. The Morgan fingerprint density at radius 1 is 0.341 bits per heavy atom. The number of nitrogens with one attached hydrogen (secondary N) is 1. The number of likely N-dealkylation sites (N-methyl/N-ethyl adjacent to an activating group) is 1. The minimum atomic E-state index is 0. The number of ether oxygens (including phenoxy) is 1. The molecule has 0 atom stereocenters. The van der Waals surface area contributed by atoms with Crippen LogP contribution in [0.25, 0.3) is 0 Å². The molecule has 2 aromatic heterocycles. The van der Waals surface area contributed by atoms with Crippen LogP contribution in [0.2, 0.25) is 0 Å². The van der Waals surface area contributed by atoms with Gasteiger partial charge in [0.2, 0.25) is 0 Å². The quantitative estimate of drug-likeness (QED) is 0.250. The van der Waals surface area contributed by atoms with Crippen molar-refractivity contribution >= 4 is 5.82 Å². The number of hydrogen-bond donors (Lipinski definition) is 2. The molecule has 0 saturated carbocycles. The zero-order chi connectivity index (χ0) is 61.2. The van der Waals surface area contributed by atoms with E-state index in [1.54, 1.807) is 6.33 Å². The summed E-state index contributed by atoms with van der Waals surface area (Å²) in [4.78, 5) is 24.0. The van der Waals surface area contributed by atoms with Gasteiger partial charge < -0.3 is 49.4 Å². The standard InChI is InChI=1S/C9H19N.2C8H18N2.2C8H17N.C7H15NO.C7H15N.C7H11N.C6H11N3.6CH4/c1-9(2)10-7-5-3-4-6-8-10;1-8(2)10-6-4-9(3)5-7-10;1-8(2)10-6-3-4-9-5-7-10;2*1-8(2)9-6-4-3-5-7-9;1-7(2)8-3-5-9-6-4-8;2*1-7(2)8-5-3-4-6-8;1-5(2)9-3-6(7)8-4-9;;;;;;/h9H,3-8H2,1-2H3;8H,4-7H2,1-3H3;8-9H,3-7H2,1-2H3;2*8H,3-7H2,1-2H3;7H,3-6H2,1-2H3;7H,3-6H2,1-2H3;3-7H,1-2H3;3-5H,7H2,1-2H3;6*1H4. The first-order valence-electron chi connectivity index (χ1n) is 34.1. The molecule has 0 spiro atoms. The normalized spacial score (nSPS) is 19.1. The molecule has 14 heteroatoms. The second kappa shape index (κ2) is 59.9. The van der Waals surface area contributed by atoms with Gasteiger partial charge in [0.1, 0.15) is 5.82 Å². The smallest absolute Gasteiger partial charge is 0.141 e. The molecule has 88 heavy (non-hydrogen) atoms. The average Bonchev–Trinajstić information content (AvgIpc) is 4.29. The molecule has 7 fully saturated rings. The molecule has 0 bridgehead atoms. The van der Waals surface area contributed by atoms with E-state index in [9.17, 15) is 0 Å². The van der Waals surface area contributed by atoms with Crippen molar-refractivity contribution in [2.45, 2.75) is 307 Å². The average molecular weight is 1250 g/mol. The topological polar surface area (TPSA) is 96.0 Å². The largest absolute Gasteiger partial charge is 0.382 e. The fourth-order valence-electron chi connectivity index (χ4n) is 10.9. The molecule has 0 radical (unpaired) electrons. The van der Waals surface area contributed by atoms with Gasteiger partial charge in [0.25, 0.3) is 0 Å². The van der Waals surface area contributed by atoms with Crippen molar-refractivity contribution in [3.05, 3.63) is 37.1 Å². The van der Waals surface area contributed by atoms with E-state index < -0.39 is 0 Å². The minimum Gasteiger partial charge on any atom is -0.382 e. The Balaban J connectivity index is -0.000000213. The molecule has 7 aliphatic heterocycles. The van der Waals surface area contributed by atoms with Crippen molar-refractivity contribution in [3.8, 4) is 0 Å². The number of nitrogens with zero attached hydrogens (tertiary/aromatic N) is 11. The maximum atomic E-state index is 5.38. The highest BCUT2D eigenvalue weighted by molar-refractivity contribution is 5.22. The summed E-state index contributed by atoms with van der Waals surface area (Å²) in [6.07, 6.45) is 26.1. The van der Waals surface area contributed by atoms with Crippen LogP contribution >= 0.6 is 0 Å². The highest BCUT2D eigenvalue weighted by atomic mass is 16.5. The van der Waals surface area contributed by atoms with Gasteiger partial charge in [0.15, 0.2) is 0 Å². The molecule has 14 nitrogen and oxygen atoms in total. The second-order valence-electron chi connectivity index (χ2n) is 26.7. The van der Waals surface area contributed by atoms with Crippen molar-refractivity contribution in [2.24, 2.45) is 0 Å². The number of piperazine rings is 1. The number of rotatable bonds is 9. The zero-order valence-corrected chi connectivity index (χ0v) is 57.9. The van der Waals surface area contributed by atoms with Crippen LogP contribution in [0.1, 0.15) is 265 Å². The molecule has 9 rings (SSSR count). The van der Waals surface area contributed by atoms with Crippen LogP contribution in [0.3, 0.4) is 0 Å². The van der Waals surface area contributed by atoms with E-state index in [0.29, 0.717) is 23.9 Å². The number of piperidine rings is 2. The van der Waals surface area contributed by atoms with Crippen LogP contribution < -0.4 is 11.1 Å². The van der Waals surface area contributed by atoms with E-state index in [0.717, 1.165) is 69.1 Å². The summed E-state index contributed by atoms with van der Waals surface area (Å²) in [5.74, 6) is 0.587. The maximum Gasteiger partial charge on any atom is 0.141 e. The van der Waals surface area contributed by atoms with Crippen molar-refractivity contribution in [1.82, 2.24) is 58.6 Å². The Bertz CT molecular complexity index is 1560. The Labute approximate surface area is 554 Å². The molecular formula is C74H165N13O. The predicted molar refractivity (Wildman–Crippen MR) is 400 cm³/mol. The van der Waals surface area contributed by atoms with Crippen LogP contribution in [-0.4, -0.2) is 234 Å². The highest BCUT2D eigenvalue weighted by Gasteiger charge is 2.17. The Kier molecular flexibility index (Phi) is 66.0. The summed E-state index contributed by atoms with van der Waals surface area (Å²) in [6.45, 7) is 64.8. The molecule has 7 saturated heterocycles. The zero-order valence-electron chi connectivity index (χ0n) is 57.9. The highest BCUT2D eigenvalue weighted by Crippen LogP contribution is 2.14. The van der Waals surface area contributed by atoms with Gasteiger partial charge in [-0.3, -0.25) is 14.7 Å². The maximum absolute atomic E-state index is 5.38. The SMILES string of the molecule is C.C.C.C.C.C.CC(C)N1CCCC1.CC(C)N1CCCCC1.CC(C)N1CCCCC1.CC(C)N1CCCCCC1.CC(C)N1CCCNCC1.CC(C)N1CCN(C)CC1.CC(C)N1CCOCC1.CC(C)n1cccc1.CC(C)n1cnc(N)c1. The summed E-state index contributed by atoms with van der Waals surface area (Å²) in [7, 11) is 2.19. The van der Waals surface area contributed by atoms with Crippen molar-refractivity contribution < 1.29 is 4.74 Å². The van der Waals surface area contributed by atoms with Crippen LogP contribution in [0.4, 0.5) is 5.82 Å². The van der Waals surface area contributed by atoms with Crippen molar-refractivity contribution in [3.63, 3.8) is 0 Å². The minimum absolute atomic E-state index is 0.